The summed E-state index contributed by atoms with van der Waals surface area (Å²) in [6.07, 6.45) is 4.25. The molecule has 1 saturated carbocycles. The topological polar surface area (TPSA) is 52.7 Å². The molecule has 4 rings (SSSR count). The van der Waals surface area contributed by atoms with E-state index in [2.05, 4.69) is 26.9 Å². The number of rotatable bonds is 7. The quantitative estimate of drug-likeness (QED) is 0.482. The van der Waals surface area contributed by atoms with Gasteiger partial charge in [-0.2, -0.15) is 0 Å². The largest absolute Gasteiger partial charge is 0.348 e. The summed E-state index contributed by atoms with van der Waals surface area (Å²) in [5.74, 6) is 2.06. The van der Waals surface area contributed by atoms with Gasteiger partial charge in [-0.3, -0.25) is 4.79 Å². The van der Waals surface area contributed by atoms with Crippen LogP contribution in [-0.4, -0.2) is 30.9 Å². The van der Waals surface area contributed by atoms with E-state index in [-0.39, 0.29) is 5.78 Å². The molecule has 2 aromatic heterocycles. The number of hydrogen-bond donors (Lipinski definition) is 0. The zero-order valence-corrected chi connectivity index (χ0v) is 14.9. The smallest absolute Gasteiger partial charge is 0.191 e. The Hall–Kier alpha value is -2.34. The van der Waals surface area contributed by atoms with Crippen LogP contribution in [0.4, 0.5) is 0 Å². The summed E-state index contributed by atoms with van der Waals surface area (Å²) in [6, 6.07) is 14.1. The maximum absolute atomic E-state index is 12.4. The Labute approximate surface area is 151 Å². The molecule has 1 aromatic carbocycles. The van der Waals surface area contributed by atoms with Crippen LogP contribution >= 0.6 is 11.8 Å². The Morgan fingerprint density at radius 1 is 1.16 bits per heavy atom. The van der Waals surface area contributed by atoms with Crippen molar-refractivity contribution in [1.29, 1.82) is 0 Å². The van der Waals surface area contributed by atoms with E-state index >= 15 is 0 Å². The lowest BCUT2D eigenvalue weighted by molar-refractivity contribution is 0.101. The molecule has 1 aliphatic rings. The SMILES string of the molecule is Cn1cccc1C(=O)CSc1nnc(C2CC2)n1Cc1ccccc1. The van der Waals surface area contributed by atoms with Crippen LogP contribution in [0.15, 0.2) is 53.8 Å². The highest BCUT2D eigenvalue weighted by atomic mass is 32.2. The van der Waals surface area contributed by atoms with Gasteiger partial charge in [-0.1, -0.05) is 42.1 Å². The van der Waals surface area contributed by atoms with Crippen LogP contribution < -0.4 is 0 Å². The molecular weight excluding hydrogens is 332 g/mol. The van der Waals surface area contributed by atoms with Crippen molar-refractivity contribution in [1.82, 2.24) is 19.3 Å². The molecule has 0 saturated heterocycles. The van der Waals surface area contributed by atoms with E-state index in [1.807, 2.05) is 48.1 Å². The summed E-state index contributed by atoms with van der Waals surface area (Å²) >= 11 is 1.47. The maximum atomic E-state index is 12.4. The first-order valence-corrected chi connectivity index (χ1v) is 9.45. The van der Waals surface area contributed by atoms with Crippen molar-refractivity contribution in [2.24, 2.45) is 7.05 Å². The van der Waals surface area contributed by atoms with Crippen molar-refractivity contribution in [3.05, 3.63) is 65.7 Å². The van der Waals surface area contributed by atoms with Gasteiger partial charge in [0.25, 0.3) is 0 Å². The number of aromatic nitrogens is 4. The molecule has 1 fully saturated rings. The molecule has 0 radical (unpaired) electrons. The monoisotopic (exact) mass is 352 g/mol. The van der Waals surface area contributed by atoms with E-state index in [0.29, 0.717) is 11.7 Å². The normalized spacial score (nSPS) is 14.0. The first-order chi connectivity index (χ1) is 12.2. The molecule has 0 amide bonds. The molecule has 6 heteroatoms. The van der Waals surface area contributed by atoms with Gasteiger partial charge in [0.1, 0.15) is 5.82 Å². The van der Waals surface area contributed by atoms with Crippen LogP contribution in [0.25, 0.3) is 0 Å². The second-order valence-corrected chi connectivity index (χ2v) is 7.35. The van der Waals surface area contributed by atoms with E-state index in [1.54, 1.807) is 0 Å². The minimum atomic E-state index is 0.111. The third-order valence-corrected chi connectivity index (χ3v) is 5.40. The molecule has 0 N–H and O–H groups in total. The Morgan fingerprint density at radius 2 is 1.96 bits per heavy atom. The van der Waals surface area contributed by atoms with Crippen molar-refractivity contribution in [2.45, 2.75) is 30.5 Å². The number of hydrogen-bond acceptors (Lipinski definition) is 4. The second-order valence-electron chi connectivity index (χ2n) is 6.40. The van der Waals surface area contributed by atoms with Crippen molar-refractivity contribution in [3.63, 3.8) is 0 Å². The van der Waals surface area contributed by atoms with Crippen molar-refractivity contribution >= 4 is 17.5 Å². The molecule has 1 aliphatic carbocycles. The molecule has 128 valence electrons. The Morgan fingerprint density at radius 3 is 2.64 bits per heavy atom. The van der Waals surface area contributed by atoms with Crippen LogP contribution in [0.3, 0.4) is 0 Å². The van der Waals surface area contributed by atoms with Crippen LogP contribution in [-0.2, 0) is 13.6 Å². The molecule has 2 heterocycles. The van der Waals surface area contributed by atoms with Crippen molar-refractivity contribution < 1.29 is 4.79 Å². The number of Topliss-reactive ketones (excluding diaryl/α,β-unsaturated/α-hetero) is 1. The summed E-state index contributed by atoms with van der Waals surface area (Å²) < 4.78 is 4.03. The van der Waals surface area contributed by atoms with Gasteiger partial charge < -0.3 is 9.13 Å². The van der Waals surface area contributed by atoms with Gasteiger partial charge >= 0.3 is 0 Å². The number of carbonyl (C=O) groups excluding carboxylic acids is 1. The molecule has 5 nitrogen and oxygen atoms in total. The lowest BCUT2D eigenvalue weighted by atomic mass is 10.2. The number of nitrogens with zero attached hydrogens (tertiary/aromatic N) is 4. The standard InChI is InChI=1S/C19H20N4OS/c1-22-11-5-8-16(22)17(24)13-25-19-21-20-18(15-9-10-15)23(19)12-14-6-3-2-4-7-14/h2-8,11,15H,9-10,12-13H2,1H3. The average molecular weight is 352 g/mol. The van der Waals surface area contributed by atoms with Gasteiger partial charge in [-0.05, 0) is 30.5 Å². The molecule has 25 heavy (non-hydrogen) atoms. The number of benzene rings is 1. The lowest BCUT2D eigenvalue weighted by Crippen LogP contribution is -2.10. The number of thioether (sulfide) groups is 1. The molecule has 0 aliphatic heterocycles. The van der Waals surface area contributed by atoms with E-state index < -0.39 is 0 Å². The summed E-state index contributed by atoms with van der Waals surface area (Å²) in [5, 5.41) is 9.60. The highest BCUT2D eigenvalue weighted by Crippen LogP contribution is 2.40. The third-order valence-electron chi connectivity index (χ3n) is 4.43. The van der Waals surface area contributed by atoms with Gasteiger partial charge in [0, 0.05) is 19.2 Å². The fourth-order valence-electron chi connectivity index (χ4n) is 2.92. The summed E-state index contributed by atoms with van der Waals surface area (Å²) in [5.41, 5.74) is 1.95. The third kappa shape index (κ3) is 3.54. The molecule has 3 aromatic rings. The molecule has 0 bridgehead atoms. The summed E-state index contributed by atoms with van der Waals surface area (Å²) in [7, 11) is 1.89. The molecule has 0 spiro atoms. The van der Waals surface area contributed by atoms with Gasteiger partial charge in [0.2, 0.25) is 0 Å². The predicted octanol–water partition coefficient (Wildman–Crippen LogP) is 3.52. The fourth-order valence-corrected chi connectivity index (χ4v) is 3.74. The number of ketones is 1. The summed E-state index contributed by atoms with van der Waals surface area (Å²) in [4.78, 5) is 12.4. The second kappa shape index (κ2) is 6.88. The first kappa shape index (κ1) is 16.1. The Balaban J connectivity index is 1.53. The Kier molecular flexibility index (Phi) is 4.44. The summed E-state index contributed by atoms with van der Waals surface area (Å²) in [6.45, 7) is 0.750. The number of aryl methyl sites for hydroxylation is 1. The maximum Gasteiger partial charge on any atom is 0.191 e. The van der Waals surface area contributed by atoms with E-state index in [1.165, 1.54) is 30.2 Å². The van der Waals surface area contributed by atoms with E-state index in [4.69, 9.17) is 0 Å². The van der Waals surface area contributed by atoms with Crippen molar-refractivity contribution in [2.75, 3.05) is 5.75 Å². The number of carbonyl (C=O) groups is 1. The zero-order valence-electron chi connectivity index (χ0n) is 14.1. The average Bonchev–Trinajstić information content (AvgIpc) is 3.26. The lowest BCUT2D eigenvalue weighted by Gasteiger charge is -2.10. The van der Waals surface area contributed by atoms with E-state index in [0.717, 1.165) is 23.2 Å². The minimum Gasteiger partial charge on any atom is -0.348 e. The Bertz CT molecular complexity index is 880. The molecular formula is C19H20N4OS. The zero-order chi connectivity index (χ0) is 17.2. The van der Waals surface area contributed by atoms with E-state index in [9.17, 15) is 4.79 Å². The van der Waals surface area contributed by atoms with Gasteiger partial charge in [-0.15, -0.1) is 10.2 Å². The molecule has 0 atom stereocenters. The van der Waals surface area contributed by atoms with Crippen LogP contribution in [0.1, 0.15) is 40.6 Å². The highest BCUT2D eigenvalue weighted by molar-refractivity contribution is 7.99. The minimum absolute atomic E-state index is 0.111. The van der Waals surface area contributed by atoms with Crippen LogP contribution in [0.5, 0.6) is 0 Å². The highest BCUT2D eigenvalue weighted by Gasteiger charge is 2.30. The first-order valence-electron chi connectivity index (χ1n) is 8.46. The van der Waals surface area contributed by atoms with Gasteiger partial charge in [0.15, 0.2) is 10.9 Å². The predicted molar refractivity (Wildman–Crippen MR) is 98.0 cm³/mol. The van der Waals surface area contributed by atoms with Crippen molar-refractivity contribution in [3.8, 4) is 0 Å². The van der Waals surface area contributed by atoms with Crippen LogP contribution in [0.2, 0.25) is 0 Å². The van der Waals surface area contributed by atoms with Gasteiger partial charge in [-0.25, -0.2) is 0 Å². The van der Waals surface area contributed by atoms with Crippen LogP contribution in [0, 0.1) is 0 Å². The van der Waals surface area contributed by atoms with Gasteiger partial charge in [0.05, 0.1) is 18.0 Å². The molecule has 0 unspecified atom stereocenters. The fraction of sp³-hybridized carbons (Fsp3) is 0.316.